The molecule has 0 bridgehead atoms. The number of nitrogens with one attached hydrogen (secondary N) is 1. The molecule has 0 aromatic heterocycles. The standard InChI is InChI=1S/C23H22FN3O2/c1-29-22-13-17-7-3-2-6-16(17)12-20(22)23(28)26-25-15-18-8-9-19(14-21(18)24)27-10-4-5-11-27/h2-3,6-9,12-15H,4-5,10-11H2,1H3,(H,26,28). The van der Waals surface area contributed by atoms with Crippen molar-refractivity contribution in [3.63, 3.8) is 0 Å². The number of hydrogen-bond donors (Lipinski definition) is 1. The zero-order valence-corrected chi connectivity index (χ0v) is 16.2. The molecule has 1 N–H and O–H groups in total. The fraction of sp³-hybridized carbons (Fsp3) is 0.217. The van der Waals surface area contributed by atoms with E-state index in [1.54, 1.807) is 12.1 Å². The summed E-state index contributed by atoms with van der Waals surface area (Å²) in [5.41, 5.74) is 4.02. The Morgan fingerprint density at radius 1 is 1.10 bits per heavy atom. The molecule has 3 aromatic rings. The molecule has 3 aromatic carbocycles. The van der Waals surface area contributed by atoms with E-state index in [2.05, 4.69) is 15.4 Å². The molecular weight excluding hydrogens is 369 g/mol. The average molecular weight is 391 g/mol. The van der Waals surface area contributed by atoms with Gasteiger partial charge in [0.25, 0.3) is 5.91 Å². The van der Waals surface area contributed by atoms with Crippen molar-refractivity contribution in [3.8, 4) is 5.75 Å². The lowest BCUT2D eigenvalue weighted by Gasteiger charge is -2.17. The van der Waals surface area contributed by atoms with Crippen LogP contribution in [0.2, 0.25) is 0 Å². The van der Waals surface area contributed by atoms with Crippen molar-refractivity contribution in [2.45, 2.75) is 12.8 Å². The maximum Gasteiger partial charge on any atom is 0.275 e. The number of amides is 1. The molecule has 0 aliphatic carbocycles. The predicted octanol–water partition coefficient (Wildman–Crippen LogP) is 4.35. The van der Waals surface area contributed by atoms with Crippen LogP contribution >= 0.6 is 0 Å². The van der Waals surface area contributed by atoms with Crippen molar-refractivity contribution in [1.82, 2.24) is 5.43 Å². The monoisotopic (exact) mass is 391 g/mol. The summed E-state index contributed by atoms with van der Waals surface area (Å²) < 4.78 is 19.7. The SMILES string of the molecule is COc1cc2ccccc2cc1C(=O)NN=Cc1ccc(N2CCCC2)cc1F. The third-order valence-corrected chi connectivity index (χ3v) is 5.14. The van der Waals surface area contributed by atoms with Gasteiger partial charge in [0.15, 0.2) is 0 Å². The first kappa shape index (κ1) is 18.9. The van der Waals surface area contributed by atoms with Crippen LogP contribution in [0.15, 0.2) is 59.7 Å². The number of anilines is 1. The number of halogens is 1. The number of methoxy groups -OCH3 is 1. The zero-order valence-electron chi connectivity index (χ0n) is 16.2. The van der Waals surface area contributed by atoms with E-state index in [9.17, 15) is 9.18 Å². The second-order valence-corrected chi connectivity index (χ2v) is 7.00. The zero-order chi connectivity index (χ0) is 20.2. The highest BCUT2D eigenvalue weighted by molar-refractivity contribution is 6.02. The predicted molar refractivity (Wildman–Crippen MR) is 113 cm³/mol. The lowest BCUT2D eigenvalue weighted by molar-refractivity contribution is 0.0952. The van der Waals surface area contributed by atoms with E-state index >= 15 is 0 Å². The quantitative estimate of drug-likeness (QED) is 0.520. The smallest absolute Gasteiger partial charge is 0.275 e. The fourth-order valence-electron chi connectivity index (χ4n) is 3.58. The van der Waals surface area contributed by atoms with Gasteiger partial charge in [0.1, 0.15) is 11.6 Å². The number of hydrogen-bond acceptors (Lipinski definition) is 4. The molecule has 148 valence electrons. The molecule has 1 fully saturated rings. The van der Waals surface area contributed by atoms with Crippen molar-refractivity contribution >= 4 is 28.6 Å². The lowest BCUT2D eigenvalue weighted by Crippen LogP contribution is -2.19. The van der Waals surface area contributed by atoms with Gasteiger partial charge in [-0.25, -0.2) is 9.82 Å². The van der Waals surface area contributed by atoms with Gasteiger partial charge in [-0.1, -0.05) is 24.3 Å². The maximum atomic E-state index is 14.4. The highest BCUT2D eigenvalue weighted by Gasteiger charge is 2.15. The summed E-state index contributed by atoms with van der Waals surface area (Å²) >= 11 is 0. The number of benzene rings is 3. The Morgan fingerprint density at radius 2 is 1.83 bits per heavy atom. The Labute approximate surface area is 168 Å². The summed E-state index contributed by atoms with van der Waals surface area (Å²) in [7, 11) is 1.52. The molecular formula is C23H22FN3O2. The summed E-state index contributed by atoms with van der Waals surface area (Å²) in [6.45, 7) is 1.91. The topological polar surface area (TPSA) is 53.9 Å². The number of ether oxygens (including phenoxy) is 1. The van der Waals surface area contributed by atoms with Gasteiger partial charge in [-0.2, -0.15) is 5.10 Å². The van der Waals surface area contributed by atoms with E-state index in [4.69, 9.17) is 4.74 Å². The van der Waals surface area contributed by atoms with E-state index in [0.29, 0.717) is 16.9 Å². The molecule has 1 aliphatic heterocycles. The molecule has 1 heterocycles. The van der Waals surface area contributed by atoms with E-state index < -0.39 is 5.91 Å². The number of hydrazone groups is 1. The van der Waals surface area contributed by atoms with Crippen LogP contribution in [-0.4, -0.2) is 32.3 Å². The van der Waals surface area contributed by atoms with Crippen LogP contribution in [0.5, 0.6) is 5.75 Å². The minimum absolute atomic E-state index is 0.318. The van der Waals surface area contributed by atoms with Crippen LogP contribution < -0.4 is 15.1 Å². The van der Waals surface area contributed by atoms with Crippen LogP contribution in [0, 0.1) is 5.82 Å². The number of rotatable bonds is 5. The minimum Gasteiger partial charge on any atom is -0.496 e. The van der Waals surface area contributed by atoms with Gasteiger partial charge in [0, 0.05) is 24.3 Å². The van der Waals surface area contributed by atoms with E-state index in [-0.39, 0.29) is 5.82 Å². The summed E-state index contributed by atoms with van der Waals surface area (Å²) in [5.74, 6) is -0.328. The van der Waals surface area contributed by atoms with Gasteiger partial charge < -0.3 is 9.64 Å². The van der Waals surface area contributed by atoms with Crippen molar-refractivity contribution in [3.05, 3.63) is 71.5 Å². The minimum atomic E-state index is -0.419. The van der Waals surface area contributed by atoms with Gasteiger partial charge in [-0.05, 0) is 53.9 Å². The molecule has 0 saturated carbocycles. The largest absolute Gasteiger partial charge is 0.496 e. The van der Waals surface area contributed by atoms with Gasteiger partial charge >= 0.3 is 0 Å². The first-order chi connectivity index (χ1) is 14.2. The van der Waals surface area contributed by atoms with Crippen molar-refractivity contribution < 1.29 is 13.9 Å². The number of carbonyl (C=O) groups excluding carboxylic acids is 1. The molecule has 0 radical (unpaired) electrons. The summed E-state index contributed by atoms with van der Waals surface area (Å²) in [6, 6.07) is 16.3. The summed E-state index contributed by atoms with van der Waals surface area (Å²) in [6.07, 6.45) is 3.58. The van der Waals surface area contributed by atoms with Crippen molar-refractivity contribution in [2.75, 3.05) is 25.1 Å². The second kappa shape index (κ2) is 8.31. The van der Waals surface area contributed by atoms with Crippen LogP contribution in [0.4, 0.5) is 10.1 Å². The number of nitrogens with zero attached hydrogens (tertiary/aromatic N) is 2. The van der Waals surface area contributed by atoms with Crippen molar-refractivity contribution in [2.24, 2.45) is 5.10 Å². The molecule has 29 heavy (non-hydrogen) atoms. The first-order valence-electron chi connectivity index (χ1n) is 9.60. The molecule has 0 unspecified atom stereocenters. The Hall–Kier alpha value is -3.41. The Balaban J connectivity index is 1.49. The molecule has 0 spiro atoms. The Morgan fingerprint density at radius 3 is 2.52 bits per heavy atom. The van der Waals surface area contributed by atoms with Crippen molar-refractivity contribution in [1.29, 1.82) is 0 Å². The molecule has 1 aliphatic rings. The average Bonchev–Trinajstić information content (AvgIpc) is 3.28. The fourth-order valence-corrected chi connectivity index (χ4v) is 3.58. The molecule has 4 rings (SSSR count). The highest BCUT2D eigenvalue weighted by Crippen LogP contribution is 2.26. The van der Waals surface area contributed by atoms with Crippen LogP contribution in [0.3, 0.4) is 0 Å². The molecule has 6 heteroatoms. The van der Waals surface area contributed by atoms with Crippen LogP contribution in [0.25, 0.3) is 10.8 Å². The van der Waals surface area contributed by atoms with Crippen LogP contribution in [-0.2, 0) is 0 Å². The molecule has 0 atom stereocenters. The normalized spacial score (nSPS) is 13.9. The highest BCUT2D eigenvalue weighted by atomic mass is 19.1. The Kier molecular flexibility index (Phi) is 5.42. The van der Waals surface area contributed by atoms with Gasteiger partial charge in [-0.3, -0.25) is 4.79 Å². The van der Waals surface area contributed by atoms with Gasteiger partial charge in [0.05, 0.1) is 18.9 Å². The Bertz CT molecular complexity index is 1070. The number of fused-ring (bicyclic) bond motifs is 1. The van der Waals surface area contributed by atoms with Gasteiger partial charge in [0.2, 0.25) is 0 Å². The molecule has 1 saturated heterocycles. The summed E-state index contributed by atoms with van der Waals surface area (Å²) in [4.78, 5) is 14.7. The first-order valence-corrected chi connectivity index (χ1v) is 9.60. The maximum absolute atomic E-state index is 14.4. The van der Waals surface area contributed by atoms with E-state index in [1.807, 2.05) is 36.4 Å². The summed E-state index contributed by atoms with van der Waals surface area (Å²) in [5, 5.41) is 5.83. The third-order valence-electron chi connectivity index (χ3n) is 5.14. The molecule has 5 nitrogen and oxygen atoms in total. The van der Waals surface area contributed by atoms with E-state index in [1.165, 1.54) is 19.4 Å². The lowest BCUT2D eigenvalue weighted by atomic mass is 10.1. The van der Waals surface area contributed by atoms with E-state index in [0.717, 1.165) is 42.4 Å². The third kappa shape index (κ3) is 4.06. The molecule has 1 amide bonds. The number of carbonyl (C=O) groups is 1. The second-order valence-electron chi connectivity index (χ2n) is 7.00. The van der Waals surface area contributed by atoms with Crippen LogP contribution in [0.1, 0.15) is 28.8 Å². The van der Waals surface area contributed by atoms with Gasteiger partial charge in [-0.15, -0.1) is 0 Å².